The highest BCUT2D eigenvalue weighted by atomic mass is 16.5. The zero-order valence-electron chi connectivity index (χ0n) is 13.0. The Morgan fingerprint density at radius 1 is 1.35 bits per heavy atom. The first kappa shape index (κ1) is 15.5. The molecule has 0 saturated carbocycles. The molecule has 0 unspecified atom stereocenters. The lowest BCUT2D eigenvalue weighted by atomic mass is 10.2. The van der Waals surface area contributed by atoms with Crippen LogP contribution in [0.25, 0.3) is 0 Å². The van der Waals surface area contributed by atoms with Gasteiger partial charge in [0.2, 0.25) is 0 Å². The predicted molar refractivity (Wildman–Crippen MR) is 80.7 cm³/mol. The van der Waals surface area contributed by atoms with Crippen LogP contribution in [0, 0.1) is 6.92 Å². The number of nitrogens with one attached hydrogen (secondary N) is 2. The third-order valence-electron chi connectivity index (χ3n) is 3.82. The summed E-state index contributed by atoms with van der Waals surface area (Å²) < 4.78 is 5.75. The summed E-state index contributed by atoms with van der Waals surface area (Å²) in [4.78, 5) is 2.53. The number of aromatic amines is 1. The summed E-state index contributed by atoms with van der Waals surface area (Å²) in [5.74, 6) is 0. The van der Waals surface area contributed by atoms with Crippen LogP contribution in [0.5, 0.6) is 0 Å². The number of aryl methyl sites for hydroxylation is 1. The van der Waals surface area contributed by atoms with Gasteiger partial charge < -0.3 is 10.1 Å². The van der Waals surface area contributed by atoms with Crippen molar-refractivity contribution in [3.05, 3.63) is 17.5 Å². The Kier molecular flexibility index (Phi) is 6.01. The fourth-order valence-electron chi connectivity index (χ4n) is 2.83. The number of hydrogen-bond donors (Lipinski definition) is 2. The van der Waals surface area contributed by atoms with Crippen molar-refractivity contribution >= 4 is 0 Å². The van der Waals surface area contributed by atoms with E-state index in [-0.39, 0.29) is 0 Å². The monoisotopic (exact) mass is 280 g/mol. The first-order valence-corrected chi connectivity index (χ1v) is 7.72. The molecule has 20 heavy (non-hydrogen) atoms. The van der Waals surface area contributed by atoms with Crippen molar-refractivity contribution in [2.75, 3.05) is 26.2 Å². The average molecular weight is 280 g/mol. The van der Waals surface area contributed by atoms with Crippen molar-refractivity contribution < 1.29 is 4.74 Å². The number of rotatable bonds is 7. The molecular weight excluding hydrogens is 252 g/mol. The van der Waals surface area contributed by atoms with Gasteiger partial charge >= 0.3 is 0 Å². The summed E-state index contributed by atoms with van der Waals surface area (Å²) in [5.41, 5.74) is 2.43. The molecule has 0 aliphatic carbocycles. The number of H-pyrrole nitrogens is 1. The normalized spacial score (nSPS) is 24.1. The molecule has 1 saturated heterocycles. The predicted octanol–water partition coefficient (Wildman–Crippen LogP) is 1.70. The van der Waals surface area contributed by atoms with Crippen LogP contribution < -0.4 is 5.32 Å². The number of morpholine rings is 1. The molecule has 0 amide bonds. The summed E-state index contributed by atoms with van der Waals surface area (Å²) in [6, 6.07) is 0. The molecule has 5 nitrogen and oxygen atoms in total. The third-order valence-corrected chi connectivity index (χ3v) is 3.82. The van der Waals surface area contributed by atoms with Crippen LogP contribution >= 0.6 is 0 Å². The Hall–Kier alpha value is -0.910. The molecule has 0 radical (unpaired) electrons. The molecule has 5 heteroatoms. The molecule has 1 aliphatic heterocycles. The van der Waals surface area contributed by atoms with E-state index in [9.17, 15) is 0 Å². The van der Waals surface area contributed by atoms with E-state index in [1.165, 1.54) is 24.9 Å². The van der Waals surface area contributed by atoms with E-state index in [1.807, 2.05) is 6.20 Å². The number of nitrogens with zero attached hydrogens (tertiary/aromatic N) is 2. The molecule has 2 rings (SSSR count). The quantitative estimate of drug-likeness (QED) is 0.746. The van der Waals surface area contributed by atoms with E-state index in [1.54, 1.807) is 0 Å². The number of unbranched alkanes of at least 4 members (excludes halogenated alkanes) is 1. The maximum Gasteiger partial charge on any atom is 0.0678 e. The minimum absolute atomic E-state index is 0.376. The molecule has 114 valence electrons. The van der Waals surface area contributed by atoms with Gasteiger partial charge in [-0.25, -0.2) is 0 Å². The van der Waals surface area contributed by atoms with Gasteiger partial charge in [-0.1, -0.05) is 0 Å². The van der Waals surface area contributed by atoms with Gasteiger partial charge in [0.1, 0.15) is 0 Å². The lowest BCUT2D eigenvalue weighted by Crippen LogP contribution is -2.45. The van der Waals surface area contributed by atoms with E-state index in [2.05, 4.69) is 41.2 Å². The second-order valence-corrected chi connectivity index (χ2v) is 5.92. The number of aromatic nitrogens is 2. The molecule has 0 aromatic carbocycles. The fraction of sp³-hybridized carbons (Fsp3) is 0.800. The number of ether oxygens (including phenoxy) is 1. The summed E-state index contributed by atoms with van der Waals surface area (Å²) >= 11 is 0. The first-order valence-electron chi connectivity index (χ1n) is 7.72. The van der Waals surface area contributed by atoms with E-state index in [0.29, 0.717) is 12.2 Å². The van der Waals surface area contributed by atoms with E-state index in [0.717, 1.165) is 31.9 Å². The second-order valence-electron chi connectivity index (χ2n) is 5.92. The maximum atomic E-state index is 5.75. The molecule has 0 spiro atoms. The zero-order chi connectivity index (χ0) is 14.4. The van der Waals surface area contributed by atoms with Crippen LogP contribution in [0.2, 0.25) is 0 Å². The van der Waals surface area contributed by atoms with Gasteiger partial charge in [0.25, 0.3) is 0 Å². The zero-order valence-corrected chi connectivity index (χ0v) is 13.0. The van der Waals surface area contributed by atoms with E-state index < -0.39 is 0 Å². The minimum atomic E-state index is 0.376. The van der Waals surface area contributed by atoms with Crippen molar-refractivity contribution in [1.82, 2.24) is 20.4 Å². The van der Waals surface area contributed by atoms with Crippen LogP contribution in [0.4, 0.5) is 0 Å². The third kappa shape index (κ3) is 4.89. The van der Waals surface area contributed by atoms with Crippen LogP contribution in [-0.2, 0) is 11.3 Å². The van der Waals surface area contributed by atoms with Gasteiger partial charge in [-0.3, -0.25) is 10.00 Å². The standard InChI is InChI=1S/C15H28N4O/c1-12-10-19(11-13(2)20-12)7-5-4-6-16-8-15-9-17-18-14(15)3/h9,12-13,16H,4-8,10-11H2,1-3H3,(H,17,18)/t12-,13-/m0/s1. The summed E-state index contributed by atoms with van der Waals surface area (Å²) in [7, 11) is 0. The molecule has 1 aromatic heterocycles. The van der Waals surface area contributed by atoms with Gasteiger partial charge in [0, 0.05) is 30.9 Å². The van der Waals surface area contributed by atoms with Gasteiger partial charge in [-0.15, -0.1) is 0 Å². The Morgan fingerprint density at radius 3 is 2.75 bits per heavy atom. The number of hydrogen-bond acceptors (Lipinski definition) is 4. The highest BCUT2D eigenvalue weighted by Crippen LogP contribution is 2.11. The van der Waals surface area contributed by atoms with Crippen molar-refractivity contribution in [1.29, 1.82) is 0 Å². The van der Waals surface area contributed by atoms with Gasteiger partial charge in [0.05, 0.1) is 18.4 Å². The Morgan fingerprint density at radius 2 is 2.10 bits per heavy atom. The van der Waals surface area contributed by atoms with Crippen LogP contribution in [-0.4, -0.2) is 53.5 Å². The smallest absolute Gasteiger partial charge is 0.0678 e. The van der Waals surface area contributed by atoms with Crippen LogP contribution in [0.1, 0.15) is 37.9 Å². The van der Waals surface area contributed by atoms with Gasteiger partial charge in [-0.2, -0.15) is 5.10 Å². The van der Waals surface area contributed by atoms with Crippen LogP contribution in [0.3, 0.4) is 0 Å². The lowest BCUT2D eigenvalue weighted by Gasteiger charge is -2.35. The summed E-state index contributed by atoms with van der Waals surface area (Å²) in [5, 5.41) is 10.5. The van der Waals surface area contributed by atoms with E-state index in [4.69, 9.17) is 4.74 Å². The lowest BCUT2D eigenvalue weighted by molar-refractivity contribution is -0.0681. The van der Waals surface area contributed by atoms with Crippen molar-refractivity contribution in [2.45, 2.75) is 52.4 Å². The molecule has 2 heterocycles. The molecular formula is C15H28N4O. The molecule has 2 atom stereocenters. The van der Waals surface area contributed by atoms with Gasteiger partial charge in [-0.05, 0) is 46.7 Å². The molecule has 1 fully saturated rings. The molecule has 2 N–H and O–H groups in total. The first-order chi connectivity index (χ1) is 9.65. The molecule has 0 bridgehead atoms. The Balaban J connectivity index is 1.52. The summed E-state index contributed by atoms with van der Waals surface area (Å²) in [6.45, 7) is 11.7. The average Bonchev–Trinajstić information content (AvgIpc) is 2.78. The topological polar surface area (TPSA) is 53.2 Å². The van der Waals surface area contributed by atoms with Crippen molar-refractivity contribution in [3.8, 4) is 0 Å². The van der Waals surface area contributed by atoms with Crippen LogP contribution in [0.15, 0.2) is 6.20 Å². The Bertz CT molecular complexity index is 383. The maximum absolute atomic E-state index is 5.75. The van der Waals surface area contributed by atoms with Gasteiger partial charge in [0.15, 0.2) is 0 Å². The van der Waals surface area contributed by atoms with E-state index >= 15 is 0 Å². The fourth-order valence-corrected chi connectivity index (χ4v) is 2.83. The van der Waals surface area contributed by atoms with Crippen molar-refractivity contribution in [2.24, 2.45) is 0 Å². The molecule has 1 aliphatic rings. The summed E-state index contributed by atoms with van der Waals surface area (Å²) in [6.07, 6.45) is 5.12. The van der Waals surface area contributed by atoms with Crippen molar-refractivity contribution in [3.63, 3.8) is 0 Å². The largest absolute Gasteiger partial charge is 0.373 e. The highest BCUT2D eigenvalue weighted by molar-refractivity contribution is 5.13. The Labute approximate surface area is 122 Å². The SMILES string of the molecule is Cc1[nH]ncc1CNCCCCN1C[C@H](C)O[C@@H](C)C1. The minimum Gasteiger partial charge on any atom is -0.373 e. The second kappa shape index (κ2) is 7.76. The molecule has 1 aromatic rings. The highest BCUT2D eigenvalue weighted by Gasteiger charge is 2.21.